The van der Waals surface area contributed by atoms with E-state index < -0.39 is 0 Å². The number of nitrogens with two attached hydrogens (primary N) is 1. The van der Waals surface area contributed by atoms with Crippen molar-refractivity contribution in [2.45, 2.75) is 96.3 Å². The largest absolute Gasteiger partial charge is 0.508 e. The summed E-state index contributed by atoms with van der Waals surface area (Å²) in [6, 6.07) is 34.6. The average molecular weight is 939 g/mol. The molecule has 0 saturated carbocycles. The summed E-state index contributed by atoms with van der Waals surface area (Å²) in [6.07, 6.45) is 19.6. The quantitative estimate of drug-likeness (QED) is 0.0905. The smallest absolute Gasteiger partial charge is 0.203 e. The number of piperidine rings is 5. The van der Waals surface area contributed by atoms with E-state index in [2.05, 4.69) is 84.8 Å². The highest BCUT2D eigenvalue weighted by atomic mass is 16.6. The third-order valence-corrected chi connectivity index (χ3v) is 14.1. The molecule has 0 spiro atoms. The average Bonchev–Trinajstić information content (AvgIpc) is 3.43. The summed E-state index contributed by atoms with van der Waals surface area (Å²) in [6.45, 7) is 11.4. The molecule has 0 aromatic heterocycles. The van der Waals surface area contributed by atoms with Gasteiger partial charge in [0.1, 0.15) is 35.8 Å². The predicted octanol–water partition coefficient (Wildman–Crippen LogP) is 10.9. The first-order chi connectivity index (χ1) is 34.0. The van der Waals surface area contributed by atoms with Crippen LogP contribution in [-0.4, -0.2) is 89.8 Å². The van der Waals surface area contributed by atoms with Gasteiger partial charge in [-0.1, -0.05) is 12.1 Å². The first kappa shape index (κ1) is 49.3. The van der Waals surface area contributed by atoms with Gasteiger partial charge in [0.25, 0.3) is 0 Å². The van der Waals surface area contributed by atoms with Crippen LogP contribution >= 0.6 is 0 Å². The van der Waals surface area contributed by atoms with Crippen LogP contribution in [0.25, 0.3) is 22.6 Å². The monoisotopic (exact) mass is 939 g/mol. The minimum atomic E-state index is 0.364. The Kier molecular flexibility index (Phi) is 18.2. The van der Waals surface area contributed by atoms with Gasteiger partial charge in [-0.2, -0.15) is 5.90 Å². The third-order valence-electron chi connectivity index (χ3n) is 14.1. The Labute approximate surface area is 410 Å². The first-order valence-corrected chi connectivity index (χ1v) is 25.9. The molecule has 1 aliphatic carbocycles. The second-order valence-corrected chi connectivity index (χ2v) is 18.9. The molecule has 5 fully saturated rings. The molecular formula is C57H76N7O5+. The van der Waals surface area contributed by atoms with E-state index in [1.807, 2.05) is 36.4 Å². The number of aromatic nitrogens is 1. The maximum absolute atomic E-state index is 9.32. The maximum Gasteiger partial charge on any atom is 0.203 e. The Bertz CT molecular complexity index is 2530. The standard InChI is InChI=1S/C22H26N3O.C12H18N2O2.C12H17NO.C11H15NO/c1-3-11-24(12-4-1)17-7-9-19-21(15-17)26-22-16-18(8-10-20(22)23-19)25-13-5-2-6-14-25;1-15-12-9-10(5-6-11(12)16-13)14-7-3-2-4-8-14;1-14-12-7-5-6-11(10-12)13-8-3-2-4-9-13;13-11-6-4-5-10(9-11)12-7-2-1-3-8-12/h7-10,15-16H,1-6,11-14H2;5-6,9H,2-4,7-8,13H2,1H3;5-7,10H,2-4,8-9H2,1H3;4-6,9,13H,1-3,7-8H2/q+1;;;. The predicted molar refractivity (Wildman–Crippen MR) is 283 cm³/mol. The zero-order valence-corrected chi connectivity index (χ0v) is 41.3. The fraction of sp³-hybridized carbons (Fsp3) is 0.474. The lowest BCUT2D eigenvalue weighted by atomic mass is 10.1. The van der Waals surface area contributed by atoms with Crippen molar-refractivity contribution in [3.05, 3.63) is 108 Å². The van der Waals surface area contributed by atoms with E-state index >= 15 is 0 Å². The van der Waals surface area contributed by atoms with E-state index in [0.717, 1.165) is 86.3 Å². The maximum atomic E-state index is 9.32. The highest BCUT2D eigenvalue weighted by molar-refractivity contribution is 5.80. The number of phenolic OH excluding ortho intramolecular Hbond substituents is 1. The van der Waals surface area contributed by atoms with E-state index in [4.69, 9.17) is 29.6 Å². The Morgan fingerprint density at radius 3 is 1.58 bits per heavy atom. The van der Waals surface area contributed by atoms with Gasteiger partial charge in [0, 0.05) is 118 Å². The normalized spacial score (nSPS) is 17.4. The van der Waals surface area contributed by atoms with Crippen LogP contribution in [0.15, 0.2) is 108 Å². The highest BCUT2D eigenvalue weighted by Gasteiger charge is 2.18. The zero-order valence-electron chi connectivity index (χ0n) is 41.3. The summed E-state index contributed by atoms with van der Waals surface area (Å²) in [5.41, 5.74) is 7.64. The van der Waals surface area contributed by atoms with Gasteiger partial charge in [-0.25, -0.2) is 9.56 Å². The Morgan fingerprint density at radius 1 is 0.507 bits per heavy atom. The number of fused-ring (bicyclic) bond motifs is 2. The lowest BCUT2D eigenvalue weighted by molar-refractivity contribution is 0.306. The number of nitrogens with zero attached hydrogens (tertiary/aromatic N) is 6. The number of aromatic hydroxyl groups is 1. The van der Waals surface area contributed by atoms with Crippen molar-refractivity contribution in [1.29, 1.82) is 0 Å². The molecule has 0 atom stereocenters. The Balaban J connectivity index is 0.000000130. The third kappa shape index (κ3) is 13.8. The van der Waals surface area contributed by atoms with Crippen LogP contribution in [-0.2, 0) is 0 Å². The van der Waals surface area contributed by atoms with E-state index in [9.17, 15) is 5.11 Å². The summed E-state index contributed by atoms with van der Waals surface area (Å²) in [5.74, 6) is 8.62. The van der Waals surface area contributed by atoms with Crippen molar-refractivity contribution < 1.29 is 23.8 Å². The number of ether oxygens (including phenoxy) is 2. The molecule has 0 radical (unpaired) electrons. The topological polar surface area (TPSA) is 116 Å². The van der Waals surface area contributed by atoms with Crippen LogP contribution in [0, 0.1) is 0 Å². The molecule has 3 N–H and O–H groups in total. The van der Waals surface area contributed by atoms with Crippen LogP contribution in [0.2, 0.25) is 0 Å². The fourth-order valence-electron chi connectivity index (χ4n) is 10.2. The van der Waals surface area contributed by atoms with Crippen molar-refractivity contribution in [3.63, 3.8) is 0 Å². The number of hydrogen-bond acceptors (Lipinski definition) is 11. The van der Waals surface area contributed by atoms with Crippen LogP contribution in [0.3, 0.4) is 0 Å². The molecule has 12 nitrogen and oxygen atoms in total. The fourth-order valence-corrected chi connectivity index (χ4v) is 10.2. The van der Waals surface area contributed by atoms with Crippen LogP contribution < -0.4 is 49.7 Å². The molecule has 0 bridgehead atoms. The van der Waals surface area contributed by atoms with E-state index in [0.29, 0.717) is 17.2 Å². The second kappa shape index (κ2) is 25.5. The van der Waals surface area contributed by atoms with Gasteiger partial charge in [0.2, 0.25) is 5.36 Å². The molecular weight excluding hydrogens is 863 g/mol. The summed E-state index contributed by atoms with van der Waals surface area (Å²) >= 11 is 0. The van der Waals surface area contributed by atoms with Crippen molar-refractivity contribution >= 4 is 33.8 Å². The summed E-state index contributed by atoms with van der Waals surface area (Å²) < 4.78 is 19.2. The molecule has 0 amide bonds. The Morgan fingerprint density at radius 2 is 1.03 bits per heavy atom. The lowest BCUT2D eigenvalue weighted by Gasteiger charge is -2.29. The number of rotatable bonds is 7. The van der Waals surface area contributed by atoms with Crippen molar-refractivity contribution in [1.82, 2.24) is 9.56 Å². The number of benzene rings is 5. The van der Waals surface area contributed by atoms with E-state index in [1.54, 1.807) is 20.3 Å². The lowest BCUT2D eigenvalue weighted by Crippen LogP contribution is -2.34. The summed E-state index contributed by atoms with van der Waals surface area (Å²) in [4.78, 5) is 19.2. The molecule has 6 aliphatic heterocycles. The molecule has 7 aliphatic rings. The molecule has 11 rings (SSSR count). The zero-order chi connectivity index (χ0) is 47.6. The number of anilines is 4. The van der Waals surface area contributed by atoms with Crippen molar-refractivity contribution in [2.24, 2.45) is 5.90 Å². The van der Waals surface area contributed by atoms with Crippen molar-refractivity contribution in [2.75, 3.05) is 99.3 Å². The first-order valence-electron chi connectivity index (χ1n) is 25.9. The molecule has 5 saturated heterocycles. The summed E-state index contributed by atoms with van der Waals surface area (Å²) in [7, 11) is 3.34. The number of methoxy groups -OCH3 is 2. The van der Waals surface area contributed by atoms with Gasteiger partial charge < -0.3 is 43.4 Å². The van der Waals surface area contributed by atoms with Crippen LogP contribution in [0.4, 0.5) is 22.7 Å². The van der Waals surface area contributed by atoms with Gasteiger partial charge >= 0.3 is 0 Å². The molecule has 12 heteroatoms. The molecule has 4 aromatic carbocycles. The van der Waals surface area contributed by atoms with Gasteiger partial charge in [-0.15, -0.1) is 0 Å². The van der Waals surface area contributed by atoms with Gasteiger partial charge in [-0.3, -0.25) is 0 Å². The van der Waals surface area contributed by atoms with Gasteiger partial charge in [-0.05, 0) is 138 Å². The number of phenols is 1. The summed E-state index contributed by atoms with van der Waals surface area (Å²) in [5, 5.41) is 10.6. The second-order valence-electron chi connectivity index (χ2n) is 18.9. The van der Waals surface area contributed by atoms with Gasteiger partial charge in [0.05, 0.1) is 20.3 Å². The minimum absolute atomic E-state index is 0.364. The van der Waals surface area contributed by atoms with E-state index in [-0.39, 0.29) is 0 Å². The van der Waals surface area contributed by atoms with Crippen molar-refractivity contribution in [3.8, 4) is 34.5 Å². The Hall–Kier alpha value is -6.14. The van der Waals surface area contributed by atoms with Crippen LogP contribution in [0.1, 0.15) is 96.3 Å². The SMILES string of the molecule is COc1cc(N2CCCCC2)ccc1ON.COc1cccc(N2CCCCC2)c1.Oc1cccc(N2CCCCC2)c1.c1cc2nc3ccc(=[N+]4CCCCC4)cc-3oc2cc1N1CCCCC1. The molecule has 0 unspecified atom stereocenters. The van der Waals surface area contributed by atoms with E-state index in [1.165, 1.54) is 132 Å². The molecule has 368 valence electrons. The minimum Gasteiger partial charge on any atom is -0.508 e. The molecule has 6 heterocycles. The molecule has 69 heavy (non-hydrogen) atoms. The number of hydrogen-bond donors (Lipinski definition) is 2. The van der Waals surface area contributed by atoms with Gasteiger partial charge in [0.15, 0.2) is 22.8 Å². The van der Waals surface area contributed by atoms with Crippen LogP contribution in [0.5, 0.6) is 23.0 Å². The molecule has 4 aromatic rings. The highest BCUT2D eigenvalue weighted by Crippen LogP contribution is 2.33.